The molecule has 0 heterocycles. The summed E-state index contributed by atoms with van der Waals surface area (Å²) in [6, 6.07) is -3.18. The molecule has 0 saturated heterocycles. The molecule has 0 aliphatic rings. The van der Waals surface area contributed by atoms with Gasteiger partial charge in [0.05, 0.1) is 6.54 Å². The van der Waals surface area contributed by atoms with Gasteiger partial charge in [0.15, 0.2) is 18.1 Å². The Bertz CT molecular complexity index is 652. The number of carbonyl (C=O) groups is 3. The number of aliphatic carboxylic acids is 3. The van der Waals surface area contributed by atoms with Crippen LogP contribution in [0.5, 0.6) is 0 Å². The van der Waals surface area contributed by atoms with Gasteiger partial charge in [-0.1, -0.05) is 116 Å². The molecule has 0 radical (unpaired) electrons. The zero-order valence-electron chi connectivity index (χ0n) is 26.2. The van der Waals surface area contributed by atoms with E-state index in [9.17, 15) is 29.7 Å². The molecule has 234 valence electrons. The SMILES string of the molecule is C/C=C/CCCCCCCCCCCCCCCCCC[N+](C(CC)C(=O)O)(C(CC)C(=O)O)C(CC)C(=O)O. The fourth-order valence-corrected chi connectivity index (χ4v) is 6.57. The number of hydrogen-bond acceptors (Lipinski definition) is 3. The van der Waals surface area contributed by atoms with Crippen LogP contribution in [-0.2, 0) is 14.4 Å². The Morgan fingerprint density at radius 3 is 1.05 bits per heavy atom. The van der Waals surface area contributed by atoms with Crippen LogP contribution in [0, 0.1) is 0 Å². The molecular formula is C33H62NO6+. The number of allylic oxidation sites excluding steroid dienone is 2. The number of rotatable bonds is 28. The van der Waals surface area contributed by atoms with Crippen molar-refractivity contribution in [3.63, 3.8) is 0 Å². The lowest BCUT2D eigenvalue weighted by Gasteiger charge is -2.49. The van der Waals surface area contributed by atoms with Gasteiger partial charge in [0.1, 0.15) is 0 Å². The van der Waals surface area contributed by atoms with E-state index in [2.05, 4.69) is 19.1 Å². The van der Waals surface area contributed by atoms with Crippen LogP contribution in [0.2, 0.25) is 0 Å². The summed E-state index contributed by atoms with van der Waals surface area (Å²) in [5, 5.41) is 30.0. The van der Waals surface area contributed by atoms with Crippen molar-refractivity contribution in [2.24, 2.45) is 0 Å². The lowest BCUT2D eigenvalue weighted by molar-refractivity contribution is -0.973. The molecule has 40 heavy (non-hydrogen) atoms. The molecule has 7 nitrogen and oxygen atoms in total. The van der Waals surface area contributed by atoms with Gasteiger partial charge in [-0.05, 0) is 32.6 Å². The fraction of sp³-hybridized carbons (Fsp3) is 0.848. The van der Waals surface area contributed by atoms with E-state index >= 15 is 0 Å². The molecule has 0 aromatic rings. The number of nitrogens with zero attached hydrogens (tertiary/aromatic N) is 1. The van der Waals surface area contributed by atoms with Crippen molar-refractivity contribution >= 4 is 17.9 Å². The van der Waals surface area contributed by atoms with E-state index < -0.39 is 40.5 Å². The minimum atomic E-state index is -1.11. The molecule has 0 aromatic heterocycles. The summed E-state index contributed by atoms with van der Waals surface area (Å²) in [6.07, 6.45) is 25.6. The Morgan fingerprint density at radius 2 is 0.800 bits per heavy atom. The van der Waals surface area contributed by atoms with Gasteiger partial charge in [-0.3, -0.25) is 4.48 Å². The quantitative estimate of drug-likeness (QED) is 0.0495. The van der Waals surface area contributed by atoms with E-state index in [1.165, 1.54) is 83.5 Å². The predicted octanol–water partition coefficient (Wildman–Crippen LogP) is 8.60. The lowest BCUT2D eigenvalue weighted by Crippen LogP contribution is -2.72. The first-order valence-corrected chi connectivity index (χ1v) is 16.4. The monoisotopic (exact) mass is 568 g/mol. The van der Waals surface area contributed by atoms with Crippen molar-refractivity contribution in [1.82, 2.24) is 0 Å². The predicted molar refractivity (Wildman–Crippen MR) is 164 cm³/mol. The third-order valence-electron chi connectivity index (χ3n) is 8.66. The molecule has 0 spiro atoms. The molecule has 0 aromatic carbocycles. The van der Waals surface area contributed by atoms with Crippen LogP contribution in [0.15, 0.2) is 12.2 Å². The molecule has 0 saturated carbocycles. The highest BCUT2D eigenvalue weighted by Gasteiger charge is 2.55. The maximum atomic E-state index is 12.3. The second kappa shape index (κ2) is 23.8. The summed E-state index contributed by atoms with van der Waals surface area (Å²) in [4.78, 5) is 36.8. The third kappa shape index (κ3) is 14.1. The molecule has 0 aliphatic heterocycles. The average molecular weight is 569 g/mol. The minimum Gasteiger partial charge on any atom is -0.477 e. The highest BCUT2D eigenvalue weighted by molar-refractivity contribution is 5.78. The molecule has 0 aliphatic carbocycles. The van der Waals surface area contributed by atoms with Crippen molar-refractivity contribution in [3.8, 4) is 0 Å². The van der Waals surface area contributed by atoms with Crippen LogP contribution in [0.3, 0.4) is 0 Å². The van der Waals surface area contributed by atoms with E-state index in [0.717, 1.165) is 19.3 Å². The van der Waals surface area contributed by atoms with Crippen LogP contribution in [0.25, 0.3) is 0 Å². The fourth-order valence-electron chi connectivity index (χ4n) is 6.57. The van der Waals surface area contributed by atoms with Gasteiger partial charge >= 0.3 is 17.9 Å². The van der Waals surface area contributed by atoms with Crippen molar-refractivity contribution < 1.29 is 34.2 Å². The molecule has 3 unspecified atom stereocenters. The van der Waals surface area contributed by atoms with Gasteiger partial charge in [-0.25, -0.2) is 14.4 Å². The molecule has 0 amide bonds. The molecular weight excluding hydrogens is 506 g/mol. The summed E-state index contributed by atoms with van der Waals surface area (Å²) < 4.78 is -0.403. The Hall–Kier alpha value is -1.89. The maximum Gasteiger partial charge on any atom is 0.362 e. The normalized spacial score (nSPS) is 15.5. The first-order chi connectivity index (χ1) is 19.2. The van der Waals surface area contributed by atoms with Crippen LogP contribution in [0.1, 0.15) is 156 Å². The molecule has 7 heteroatoms. The van der Waals surface area contributed by atoms with Gasteiger partial charge in [0.2, 0.25) is 0 Å². The van der Waals surface area contributed by atoms with Gasteiger partial charge in [0, 0.05) is 19.3 Å². The summed E-state index contributed by atoms with van der Waals surface area (Å²) in [6.45, 7) is 7.48. The van der Waals surface area contributed by atoms with Crippen LogP contribution in [0.4, 0.5) is 0 Å². The van der Waals surface area contributed by atoms with Gasteiger partial charge in [0.25, 0.3) is 0 Å². The van der Waals surface area contributed by atoms with Gasteiger partial charge < -0.3 is 15.3 Å². The van der Waals surface area contributed by atoms with E-state index in [0.29, 0.717) is 6.42 Å². The highest BCUT2D eigenvalue weighted by atomic mass is 16.4. The third-order valence-corrected chi connectivity index (χ3v) is 8.66. The van der Waals surface area contributed by atoms with Crippen molar-refractivity contribution in [3.05, 3.63) is 12.2 Å². The standard InChI is InChI=1S/C33H61NO6/c1-5-9-10-11-12-13-14-15-16-17-18-19-20-21-22-23-24-25-26-27-34(28(6-2)31(35)36,29(7-3)32(37)38)30(8-4)33(39)40/h5,9,28-30H,6-8,10-27H2,1-4H3,(H2-,35,36,37,38,39,40)/p+1/b9-5+. The number of carboxylic acid groups (broad SMARTS) is 3. The minimum absolute atomic E-state index is 0.194. The average Bonchev–Trinajstić information content (AvgIpc) is 2.90. The Labute approximate surface area is 245 Å². The van der Waals surface area contributed by atoms with Gasteiger partial charge in [-0.2, -0.15) is 0 Å². The topological polar surface area (TPSA) is 112 Å². The zero-order chi connectivity index (χ0) is 30.2. The lowest BCUT2D eigenvalue weighted by atomic mass is 9.93. The smallest absolute Gasteiger partial charge is 0.362 e. The zero-order valence-corrected chi connectivity index (χ0v) is 26.2. The van der Waals surface area contributed by atoms with E-state index in [1.807, 2.05) is 0 Å². The number of hydrogen-bond donors (Lipinski definition) is 3. The Kier molecular flexibility index (Phi) is 22.7. The largest absolute Gasteiger partial charge is 0.477 e. The molecule has 0 fully saturated rings. The van der Waals surface area contributed by atoms with Crippen LogP contribution < -0.4 is 0 Å². The highest BCUT2D eigenvalue weighted by Crippen LogP contribution is 2.32. The van der Waals surface area contributed by atoms with E-state index in [4.69, 9.17) is 0 Å². The maximum absolute atomic E-state index is 12.3. The van der Waals surface area contributed by atoms with Gasteiger partial charge in [-0.15, -0.1) is 0 Å². The Morgan fingerprint density at radius 1 is 0.525 bits per heavy atom. The van der Waals surface area contributed by atoms with Crippen molar-refractivity contribution in [2.75, 3.05) is 6.54 Å². The molecule has 0 bridgehead atoms. The summed E-state index contributed by atoms with van der Waals surface area (Å²) in [7, 11) is 0. The van der Waals surface area contributed by atoms with Crippen molar-refractivity contribution in [1.29, 1.82) is 0 Å². The second-order valence-electron chi connectivity index (χ2n) is 11.5. The van der Waals surface area contributed by atoms with Crippen LogP contribution in [-0.4, -0.2) is 62.4 Å². The van der Waals surface area contributed by atoms with E-state index in [1.54, 1.807) is 20.8 Å². The molecule has 3 atom stereocenters. The van der Waals surface area contributed by atoms with E-state index in [-0.39, 0.29) is 25.8 Å². The molecule has 0 rings (SSSR count). The number of quaternary nitrogens is 1. The molecule has 3 N–H and O–H groups in total. The Balaban J connectivity index is 4.46. The number of carboxylic acids is 3. The number of unbranched alkanes of at least 4 members (excludes halogenated alkanes) is 16. The van der Waals surface area contributed by atoms with Crippen LogP contribution >= 0.6 is 0 Å². The first kappa shape index (κ1) is 38.1. The first-order valence-electron chi connectivity index (χ1n) is 16.4. The second-order valence-corrected chi connectivity index (χ2v) is 11.5. The van der Waals surface area contributed by atoms with Crippen molar-refractivity contribution in [2.45, 2.75) is 174 Å². The summed E-state index contributed by atoms with van der Waals surface area (Å²) in [5.41, 5.74) is 0. The summed E-state index contributed by atoms with van der Waals surface area (Å²) in [5.74, 6) is -3.34. The summed E-state index contributed by atoms with van der Waals surface area (Å²) >= 11 is 0.